The zero-order valence-corrected chi connectivity index (χ0v) is 17.3. The molecule has 1 amide bonds. The molecule has 2 aromatic carbocycles. The highest BCUT2D eigenvalue weighted by molar-refractivity contribution is 5.95. The summed E-state index contributed by atoms with van der Waals surface area (Å²) in [6, 6.07) is 15.4. The van der Waals surface area contributed by atoms with Gasteiger partial charge in [-0.05, 0) is 50.6 Å². The Morgan fingerprint density at radius 3 is 2.28 bits per heavy atom. The van der Waals surface area contributed by atoms with Gasteiger partial charge in [-0.3, -0.25) is 9.59 Å². The summed E-state index contributed by atoms with van der Waals surface area (Å²) in [6.45, 7) is 6.51. The Morgan fingerprint density at radius 1 is 1.03 bits per heavy atom. The molecule has 1 aliphatic heterocycles. The van der Waals surface area contributed by atoms with Crippen LogP contribution in [0.3, 0.4) is 0 Å². The summed E-state index contributed by atoms with van der Waals surface area (Å²) >= 11 is 0. The minimum atomic E-state index is -0.663. The maximum atomic E-state index is 13.3. The smallest absolute Gasteiger partial charge is 0.326 e. The largest absolute Gasteiger partial charge is 0.497 e. The van der Waals surface area contributed by atoms with Gasteiger partial charge in [-0.15, -0.1) is 0 Å². The summed E-state index contributed by atoms with van der Waals surface area (Å²) in [5.41, 5.74) is 0.823. The van der Waals surface area contributed by atoms with Crippen molar-refractivity contribution < 1.29 is 19.1 Å². The number of carbonyl (C=O) groups is 2. The minimum absolute atomic E-state index is 0.110. The molecule has 0 aromatic heterocycles. The average Bonchev–Trinajstić information content (AvgIpc) is 2.72. The topological polar surface area (TPSA) is 67.9 Å². The van der Waals surface area contributed by atoms with Crippen molar-refractivity contribution >= 4 is 11.9 Å². The van der Waals surface area contributed by atoms with Gasteiger partial charge in [0.2, 0.25) is 0 Å². The molecule has 6 heteroatoms. The van der Waals surface area contributed by atoms with Crippen LogP contribution in [0, 0.1) is 0 Å². The Bertz CT molecular complexity index is 843. The van der Waals surface area contributed by atoms with Crippen LogP contribution in [-0.2, 0) is 9.53 Å². The van der Waals surface area contributed by atoms with Crippen molar-refractivity contribution in [1.82, 2.24) is 10.2 Å². The quantitative estimate of drug-likeness (QED) is 0.804. The lowest BCUT2D eigenvalue weighted by atomic mass is 9.94. The molecule has 1 N–H and O–H groups in total. The first-order valence-corrected chi connectivity index (χ1v) is 9.76. The molecule has 0 saturated carbocycles. The number of ether oxygens (including phenoxy) is 2. The van der Waals surface area contributed by atoms with Gasteiger partial charge in [0.05, 0.1) is 13.2 Å². The Balaban J connectivity index is 1.99. The highest BCUT2D eigenvalue weighted by Gasteiger charge is 2.41. The third-order valence-electron chi connectivity index (χ3n) is 4.77. The zero-order valence-electron chi connectivity index (χ0n) is 17.3. The lowest BCUT2D eigenvalue weighted by Crippen LogP contribution is -2.58. The number of hydrogen-bond acceptors (Lipinski definition) is 5. The second-order valence-electron chi connectivity index (χ2n) is 8.05. The van der Waals surface area contributed by atoms with Crippen LogP contribution in [0.25, 0.3) is 0 Å². The van der Waals surface area contributed by atoms with E-state index in [0.717, 1.165) is 5.56 Å². The number of esters is 1. The first-order valence-electron chi connectivity index (χ1n) is 9.76. The molecule has 0 bridgehead atoms. The summed E-state index contributed by atoms with van der Waals surface area (Å²) in [4.78, 5) is 28.0. The molecule has 0 aliphatic carbocycles. The van der Waals surface area contributed by atoms with Gasteiger partial charge in [0.1, 0.15) is 17.4 Å². The molecule has 3 rings (SSSR count). The second-order valence-corrected chi connectivity index (χ2v) is 8.05. The van der Waals surface area contributed by atoms with Gasteiger partial charge in [0.15, 0.2) is 0 Å². The summed E-state index contributed by atoms with van der Waals surface area (Å²) < 4.78 is 10.9. The number of amides is 1. The van der Waals surface area contributed by atoms with E-state index >= 15 is 0 Å². The lowest BCUT2D eigenvalue weighted by molar-refractivity contribution is -0.160. The fourth-order valence-electron chi connectivity index (χ4n) is 3.50. The fraction of sp³-hybridized carbons (Fsp3) is 0.391. The van der Waals surface area contributed by atoms with Gasteiger partial charge in [0.25, 0.3) is 5.91 Å². The van der Waals surface area contributed by atoms with Crippen molar-refractivity contribution in [1.29, 1.82) is 0 Å². The Morgan fingerprint density at radius 2 is 1.69 bits per heavy atom. The summed E-state index contributed by atoms with van der Waals surface area (Å²) in [5.74, 6) is 0.234. The van der Waals surface area contributed by atoms with E-state index in [2.05, 4.69) is 5.32 Å². The first kappa shape index (κ1) is 20.9. The van der Waals surface area contributed by atoms with Gasteiger partial charge in [-0.25, -0.2) is 0 Å². The molecule has 1 fully saturated rings. The van der Waals surface area contributed by atoms with Crippen molar-refractivity contribution in [3.05, 3.63) is 65.7 Å². The van der Waals surface area contributed by atoms with Gasteiger partial charge in [-0.1, -0.05) is 30.3 Å². The van der Waals surface area contributed by atoms with Gasteiger partial charge in [0, 0.05) is 18.7 Å². The average molecular weight is 396 g/mol. The molecular weight excluding hydrogens is 368 g/mol. The lowest BCUT2D eigenvalue weighted by Gasteiger charge is -2.42. The van der Waals surface area contributed by atoms with E-state index in [4.69, 9.17) is 9.47 Å². The van der Waals surface area contributed by atoms with Crippen LogP contribution >= 0.6 is 0 Å². The van der Waals surface area contributed by atoms with Crippen LogP contribution in [0.15, 0.2) is 54.6 Å². The third kappa shape index (κ3) is 4.95. The van der Waals surface area contributed by atoms with Crippen molar-refractivity contribution in [3.63, 3.8) is 0 Å². The van der Waals surface area contributed by atoms with Crippen molar-refractivity contribution in [2.75, 3.05) is 20.2 Å². The predicted octanol–water partition coefficient (Wildman–Crippen LogP) is 3.19. The van der Waals surface area contributed by atoms with Crippen LogP contribution < -0.4 is 10.1 Å². The Labute approximate surface area is 171 Å². The summed E-state index contributed by atoms with van der Waals surface area (Å²) in [7, 11) is 1.60. The number of nitrogens with zero attached hydrogens (tertiary/aromatic N) is 1. The normalized spacial score (nSPS) is 19.5. The fourth-order valence-corrected chi connectivity index (χ4v) is 3.50. The molecule has 0 radical (unpaired) electrons. The van der Waals surface area contributed by atoms with E-state index in [1.165, 1.54) is 0 Å². The molecule has 0 spiro atoms. The number of rotatable bonds is 4. The molecule has 29 heavy (non-hydrogen) atoms. The monoisotopic (exact) mass is 396 g/mol. The molecule has 6 nitrogen and oxygen atoms in total. The van der Waals surface area contributed by atoms with E-state index in [-0.39, 0.29) is 11.9 Å². The molecular formula is C23H28N2O4. The van der Waals surface area contributed by atoms with Crippen LogP contribution in [0.5, 0.6) is 5.75 Å². The molecule has 1 saturated heterocycles. The first-order chi connectivity index (χ1) is 13.8. The van der Waals surface area contributed by atoms with Crippen molar-refractivity contribution in [2.45, 2.75) is 38.5 Å². The summed E-state index contributed by atoms with van der Waals surface area (Å²) in [5, 5.41) is 3.26. The third-order valence-corrected chi connectivity index (χ3v) is 4.77. The number of piperazine rings is 1. The number of nitrogens with one attached hydrogen (secondary N) is 1. The minimum Gasteiger partial charge on any atom is -0.497 e. The summed E-state index contributed by atoms with van der Waals surface area (Å²) in [6.07, 6.45) is 0. The standard InChI is InChI=1S/C23H28N2O4/c1-23(2,3)29-22(27)19-20(16-10-12-18(28-4)13-11-16)25(15-14-24-19)21(26)17-8-6-5-7-9-17/h5-13,19-20,24H,14-15H2,1-4H3. The van der Waals surface area contributed by atoms with Crippen molar-refractivity contribution in [2.24, 2.45) is 0 Å². The Hall–Kier alpha value is -2.86. The zero-order chi connectivity index (χ0) is 21.0. The van der Waals surface area contributed by atoms with Gasteiger partial charge in [-0.2, -0.15) is 0 Å². The van der Waals surface area contributed by atoms with E-state index in [9.17, 15) is 9.59 Å². The highest BCUT2D eigenvalue weighted by atomic mass is 16.6. The molecule has 1 aliphatic rings. The van der Waals surface area contributed by atoms with Crippen LogP contribution in [0.4, 0.5) is 0 Å². The maximum absolute atomic E-state index is 13.3. The predicted molar refractivity (Wildman–Crippen MR) is 111 cm³/mol. The molecule has 2 atom stereocenters. The van der Waals surface area contributed by atoms with Crippen LogP contribution in [-0.4, -0.2) is 48.6 Å². The molecule has 154 valence electrons. The van der Waals surface area contributed by atoms with Crippen LogP contribution in [0.1, 0.15) is 42.7 Å². The van der Waals surface area contributed by atoms with Gasteiger partial charge >= 0.3 is 5.97 Å². The molecule has 2 unspecified atom stereocenters. The van der Waals surface area contributed by atoms with Crippen molar-refractivity contribution in [3.8, 4) is 5.75 Å². The highest BCUT2D eigenvalue weighted by Crippen LogP contribution is 2.31. The van der Waals surface area contributed by atoms with E-state index < -0.39 is 17.7 Å². The number of carbonyl (C=O) groups excluding carboxylic acids is 2. The Kier molecular flexibility index (Phi) is 6.23. The molecule has 1 heterocycles. The van der Waals surface area contributed by atoms with E-state index in [1.807, 2.05) is 63.2 Å². The number of benzene rings is 2. The van der Waals surface area contributed by atoms with E-state index in [0.29, 0.717) is 24.4 Å². The maximum Gasteiger partial charge on any atom is 0.326 e. The second kappa shape index (κ2) is 8.66. The van der Waals surface area contributed by atoms with Gasteiger partial charge < -0.3 is 19.7 Å². The number of methoxy groups -OCH3 is 1. The SMILES string of the molecule is COc1ccc(C2C(C(=O)OC(C)(C)C)NCCN2C(=O)c2ccccc2)cc1. The number of hydrogen-bond donors (Lipinski definition) is 1. The van der Waals surface area contributed by atoms with E-state index in [1.54, 1.807) is 24.1 Å². The molecule has 2 aromatic rings. The van der Waals surface area contributed by atoms with Crippen LogP contribution in [0.2, 0.25) is 0 Å².